The van der Waals surface area contributed by atoms with Crippen molar-refractivity contribution in [1.29, 1.82) is 0 Å². The number of halogens is 1. The Labute approximate surface area is 155 Å². The Balaban J connectivity index is 1.50. The van der Waals surface area contributed by atoms with Gasteiger partial charge in [0.15, 0.2) is 5.13 Å². The molecule has 3 aromatic rings. The summed E-state index contributed by atoms with van der Waals surface area (Å²) in [5.74, 6) is 0.456. The summed E-state index contributed by atoms with van der Waals surface area (Å²) in [4.78, 5) is 17.4. The SMILES string of the molecule is COc1ccc(Cc2cnc(NC(=O)CCc3ccc(F)cc3)s2)cc1. The predicted molar refractivity (Wildman–Crippen MR) is 101 cm³/mol. The maximum Gasteiger partial charge on any atom is 0.226 e. The van der Waals surface area contributed by atoms with E-state index in [1.54, 1.807) is 25.4 Å². The molecule has 0 aliphatic rings. The first-order valence-electron chi connectivity index (χ1n) is 8.24. The van der Waals surface area contributed by atoms with Crippen molar-refractivity contribution in [3.05, 3.63) is 76.5 Å². The highest BCUT2D eigenvalue weighted by Crippen LogP contribution is 2.22. The van der Waals surface area contributed by atoms with E-state index >= 15 is 0 Å². The van der Waals surface area contributed by atoms with E-state index in [0.29, 0.717) is 18.0 Å². The Hall–Kier alpha value is -2.73. The van der Waals surface area contributed by atoms with Crippen molar-refractivity contribution in [3.63, 3.8) is 0 Å². The van der Waals surface area contributed by atoms with Crippen LogP contribution in [0.15, 0.2) is 54.7 Å². The average Bonchev–Trinajstić information content (AvgIpc) is 3.08. The summed E-state index contributed by atoms with van der Waals surface area (Å²) in [5.41, 5.74) is 2.09. The van der Waals surface area contributed by atoms with Crippen molar-refractivity contribution in [2.24, 2.45) is 0 Å². The van der Waals surface area contributed by atoms with Gasteiger partial charge in [-0.05, 0) is 41.8 Å². The van der Waals surface area contributed by atoms with Crippen molar-refractivity contribution in [2.75, 3.05) is 12.4 Å². The molecule has 0 atom stereocenters. The highest BCUT2D eigenvalue weighted by Gasteiger charge is 2.08. The van der Waals surface area contributed by atoms with Crippen LogP contribution in [0.1, 0.15) is 22.4 Å². The van der Waals surface area contributed by atoms with E-state index in [1.807, 2.05) is 24.3 Å². The van der Waals surface area contributed by atoms with Crippen molar-refractivity contribution in [3.8, 4) is 5.75 Å². The zero-order chi connectivity index (χ0) is 18.4. The largest absolute Gasteiger partial charge is 0.497 e. The number of aryl methyl sites for hydroxylation is 1. The van der Waals surface area contributed by atoms with Gasteiger partial charge in [0.2, 0.25) is 5.91 Å². The molecule has 0 aliphatic heterocycles. The van der Waals surface area contributed by atoms with Gasteiger partial charge in [0.1, 0.15) is 11.6 Å². The molecule has 1 amide bonds. The lowest BCUT2D eigenvalue weighted by Crippen LogP contribution is -2.11. The lowest BCUT2D eigenvalue weighted by atomic mass is 10.1. The van der Waals surface area contributed by atoms with Crippen LogP contribution in [-0.2, 0) is 17.6 Å². The van der Waals surface area contributed by atoms with Gasteiger partial charge < -0.3 is 10.1 Å². The maximum atomic E-state index is 12.9. The minimum absolute atomic E-state index is 0.0975. The van der Waals surface area contributed by atoms with Gasteiger partial charge >= 0.3 is 0 Å². The van der Waals surface area contributed by atoms with Gasteiger partial charge in [-0.25, -0.2) is 9.37 Å². The van der Waals surface area contributed by atoms with E-state index in [9.17, 15) is 9.18 Å². The lowest BCUT2D eigenvalue weighted by Gasteiger charge is -2.03. The molecule has 0 bridgehead atoms. The second kappa shape index (κ2) is 8.58. The third-order valence-electron chi connectivity index (χ3n) is 3.89. The summed E-state index contributed by atoms with van der Waals surface area (Å²) in [5, 5.41) is 3.42. The normalized spacial score (nSPS) is 10.5. The van der Waals surface area contributed by atoms with E-state index in [0.717, 1.165) is 28.2 Å². The molecule has 0 fully saturated rings. The van der Waals surface area contributed by atoms with Gasteiger partial charge in [0.05, 0.1) is 7.11 Å². The number of hydrogen-bond donors (Lipinski definition) is 1. The van der Waals surface area contributed by atoms with Crippen molar-refractivity contribution >= 4 is 22.4 Å². The van der Waals surface area contributed by atoms with E-state index in [2.05, 4.69) is 10.3 Å². The van der Waals surface area contributed by atoms with Gasteiger partial charge in [0, 0.05) is 23.9 Å². The van der Waals surface area contributed by atoms with Crippen LogP contribution in [0.5, 0.6) is 5.75 Å². The van der Waals surface area contributed by atoms with Gasteiger partial charge in [-0.1, -0.05) is 24.3 Å². The number of ether oxygens (including phenoxy) is 1. The summed E-state index contributed by atoms with van der Waals surface area (Å²) in [7, 11) is 1.64. The van der Waals surface area contributed by atoms with Gasteiger partial charge in [-0.3, -0.25) is 4.79 Å². The van der Waals surface area contributed by atoms with Crippen LogP contribution in [0.3, 0.4) is 0 Å². The number of aromatic nitrogens is 1. The number of nitrogens with zero attached hydrogens (tertiary/aromatic N) is 1. The van der Waals surface area contributed by atoms with Gasteiger partial charge in [-0.2, -0.15) is 0 Å². The molecule has 0 saturated carbocycles. The molecule has 26 heavy (non-hydrogen) atoms. The number of anilines is 1. The number of nitrogens with one attached hydrogen (secondary N) is 1. The van der Waals surface area contributed by atoms with Crippen LogP contribution in [0.25, 0.3) is 0 Å². The third-order valence-corrected chi connectivity index (χ3v) is 4.80. The first-order valence-corrected chi connectivity index (χ1v) is 9.06. The zero-order valence-electron chi connectivity index (χ0n) is 14.4. The van der Waals surface area contributed by atoms with Crippen LogP contribution in [0.2, 0.25) is 0 Å². The average molecular weight is 370 g/mol. The topological polar surface area (TPSA) is 51.2 Å². The Morgan fingerprint density at radius 3 is 2.50 bits per heavy atom. The van der Waals surface area contributed by atoms with Crippen LogP contribution in [0.4, 0.5) is 9.52 Å². The monoisotopic (exact) mass is 370 g/mol. The van der Waals surface area contributed by atoms with Crippen LogP contribution in [0, 0.1) is 5.82 Å². The van der Waals surface area contributed by atoms with Crippen molar-refractivity contribution in [2.45, 2.75) is 19.3 Å². The third kappa shape index (κ3) is 5.13. The molecule has 0 radical (unpaired) electrons. The fourth-order valence-electron chi connectivity index (χ4n) is 2.48. The van der Waals surface area contributed by atoms with E-state index < -0.39 is 0 Å². The van der Waals surface area contributed by atoms with Crippen LogP contribution in [-0.4, -0.2) is 18.0 Å². The van der Waals surface area contributed by atoms with Crippen molar-refractivity contribution < 1.29 is 13.9 Å². The number of benzene rings is 2. The molecule has 0 saturated heterocycles. The smallest absolute Gasteiger partial charge is 0.226 e. The minimum atomic E-state index is -0.273. The first kappa shape index (κ1) is 18.1. The number of carbonyl (C=O) groups is 1. The molecule has 134 valence electrons. The molecule has 1 N–H and O–H groups in total. The summed E-state index contributed by atoms with van der Waals surface area (Å²) < 4.78 is 18.0. The number of rotatable bonds is 7. The number of thiazole rings is 1. The van der Waals surface area contributed by atoms with E-state index in [4.69, 9.17) is 4.74 Å². The Kier molecular flexibility index (Phi) is 5.96. The molecular weight excluding hydrogens is 351 g/mol. The number of amides is 1. The maximum absolute atomic E-state index is 12.9. The van der Waals surface area contributed by atoms with Gasteiger partial charge in [-0.15, -0.1) is 11.3 Å². The predicted octanol–water partition coefficient (Wildman–Crippen LogP) is 4.45. The second-order valence-corrected chi connectivity index (χ2v) is 6.95. The number of carbonyl (C=O) groups excluding carboxylic acids is 1. The molecule has 3 rings (SSSR count). The molecule has 0 spiro atoms. The van der Waals surface area contributed by atoms with Crippen molar-refractivity contribution in [1.82, 2.24) is 4.98 Å². The number of hydrogen-bond acceptors (Lipinski definition) is 4. The number of methoxy groups -OCH3 is 1. The quantitative estimate of drug-likeness (QED) is 0.668. The first-order chi connectivity index (χ1) is 12.6. The van der Waals surface area contributed by atoms with E-state index in [-0.39, 0.29) is 11.7 Å². The molecule has 6 heteroatoms. The Morgan fingerprint density at radius 2 is 1.81 bits per heavy atom. The highest BCUT2D eigenvalue weighted by molar-refractivity contribution is 7.15. The lowest BCUT2D eigenvalue weighted by molar-refractivity contribution is -0.116. The fraction of sp³-hybridized carbons (Fsp3) is 0.200. The molecule has 0 aliphatic carbocycles. The molecule has 1 aromatic heterocycles. The molecular formula is C20H19FN2O2S. The van der Waals surface area contributed by atoms with Gasteiger partial charge in [0.25, 0.3) is 0 Å². The Bertz CT molecular complexity index is 860. The molecule has 0 unspecified atom stereocenters. The zero-order valence-corrected chi connectivity index (χ0v) is 15.2. The summed E-state index contributed by atoms with van der Waals surface area (Å²) in [6.45, 7) is 0. The van der Waals surface area contributed by atoms with E-state index in [1.165, 1.54) is 23.5 Å². The van der Waals surface area contributed by atoms with Crippen LogP contribution >= 0.6 is 11.3 Å². The van der Waals surface area contributed by atoms with Crippen LogP contribution < -0.4 is 10.1 Å². The summed E-state index contributed by atoms with van der Waals surface area (Å²) >= 11 is 1.47. The standard InChI is InChI=1S/C20H19FN2O2S/c1-25-17-9-4-15(5-10-17)12-18-13-22-20(26-18)23-19(24)11-6-14-2-7-16(21)8-3-14/h2-5,7-10,13H,6,11-12H2,1H3,(H,22,23,24). The molecule has 4 nitrogen and oxygen atoms in total. The fourth-order valence-corrected chi connectivity index (χ4v) is 3.35. The summed E-state index contributed by atoms with van der Waals surface area (Å²) in [6, 6.07) is 14.1. The summed E-state index contributed by atoms with van der Waals surface area (Å²) in [6.07, 6.45) is 3.44. The highest BCUT2D eigenvalue weighted by atomic mass is 32.1. The minimum Gasteiger partial charge on any atom is -0.497 e. The molecule has 1 heterocycles. The second-order valence-electron chi connectivity index (χ2n) is 5.83. The molecule has 2 aromatic carbocycles. The Morgan fingerprint density at radius 1 is 1.12 bits per heavy atom.